The number of halogens is 1. The summed E-state index contributed by atoms with van der Waals surface area (Å²) in [6, 6.07) is 6.09. The molecule has 8 nitrogen and oxygen atoms in total. The molecule has 29 heavy (non-hydrogen) atoms. The molecular weight excluding hydrogens is 483 g/mol. The Labute approximate surface area is 190 Å². The second kappa shape index (κ2) is 14.0. The van der Waals surface area contributed by atoms with Gasteiger partial charge in [-0.25, -0.2) is 4.99 Å². The van der Waals surface area contributed by atoms with Gasteiger partial charge < -0.3 is 24.7 Å². The van der Waals surface area contributed by atoms with Crippen molar-refractivity contribution in [2.24, 2.45) is 4.99 Å². The zero-order valence-electron chi connectivity index (χ0n) is 17.8. The monoisotopic (exact) mass is 516 g/mol. The predicted octanol–water partition coefficient (Wildman–Crippen LogP) is 3.01. The summed E-state index contributed by atoms with van der Waals surface area (Å²) in [4.78, 5) is 4.61. The molecule has 0 unspecified atom stereocenters. The number of benzene rings is 1. The molecule has 0 aliphatic carbocycles. The predicted molar refractivity (Wildman–Crippen MR) is 126 cm³/mol. The summed E-state index contributed by atoms with van der Waals surface area (Å²) in [5.74, 6) is 3.20. The minimum absolute atomic E-state index is 0. The van der Waals surface area contributed by atoms with Crippen molar-refractivity contribution in [3.05, 3.63) is 35.9 Å². The van der Waals surface area contributed by atoms with E-state index in [-0.39, 0.29) is 24.0 Å². The fourth-order valence-electron chi connectivity index (χ4n) is 2.73. The van der Waals surface area contributed by atoms with E-state index in [1.54, 1.807) is 6.33 Å². The lowest BCUT2D eigenvalue weighted by Gasteiger charge is -2.14. The van der Waals surface area contributed by atoms with Crippen molar-refractivity contribution < 1.29 is 9.47 Å². The van der Waals surface area contributed by atoms with E-state index in [2.05, 4.69) is 38.8 Å². The van der Waals surface area contributed by atoms with E-state index >= 15 is 0 Å². The van der Waals surface area contributed by atoms with E-state index in [9.17, 15) is 0 Å². The van der Waals surface area contributed by atoms with E-state index < -0.39 is 0 Å². The third-order valence-electron chi connectivity index (χ3n) is 4.07. The number of aryl methyl sites for hydroxylation is 1. The van der Waals surface area contributed by atoms with Crippen LogP contribution in [0.25, 0.3) is 0 Å². The second-order valence-electron chi connectivity index (χ2n) is 6.05. The van der Waals surface area contributed by atoms with Crippen LogP contribution in [0.2, 0.25) is 0 Å². The van der Waals surface area contributed by atoms with Crippen molar-refractivity contribution in [3.63, 3.8) is 0 Å². The lowest BCUT2D eigenvalue weighted by atomic mass is 10.1. The Bertz CT molecular complexity index is 750. The largest absolute Gasteiger partial charge is 0.490 e. The number of aromatic nitrogens is 3. The average Bonchev–Trinajstić information content (AvgIpc) is 3.16. The standard InChI is InChI=1S/C20H32N6O2.HI/c1-5-21-20(23-14-19-25-24-15-26(19)6-2)22-12-11-16-9-10-17(27-7-3)18(13-16)28-8-4;/h9-10,13,15H,5-8,11-12,14H2,1-4H3,(H2,21,22,23);1H. The summed E-state index contributed by atoms with van der Waals surface area (Å²) in [5.41, 5.74) is 1.18. The number of nitrogens with zero attached hydrogens (tertiary/aromatic N) is 4. The summed E-state index contributed by atoms with van der Waals surface area (Å²) >= 11 is 0. The van der Waals surface area contributed by atoms with Crippen LogP contribution in [0.4, 0.5) is 0 Å². The second-order valence-corrected chi connectivity index (χ2v) is 6.05. The molecule has 0 atom stereocenters. The van der Waals surface area contributed by atoms with Gasteiger partial charge in [-0.05, 0) is 51.8 Å². The smallest absolute Gasteiger partial charge is 0.191 e. The van der Waals surface area contributed by atoms with Gasteiger partial charge in [-0.1, -0.05) is 6.07 Å². The lowest BCUT2D eigenvalue weighted by Crippen LogP contribution is -2.38. The van der Waals surface area contributed by atoms with Crippen molar-refractivity contribution in [2.75, 3.05) is 26.3 Å². The molecule has 0 fully saturated rings. The summed E-state index contributed by atoms with van der Waals surface area (Å²) in [6.45, 7) is 12.2. The molecule has 0 aliphatic rings. The molecule has 0 saturated carbocycles. The first-order valence-corrected chi connectivity index (χ1v) is 9.99. The third-order valence-corrected chi connectivity index (χ3v) is 4.07. The fraction of sp³-hybridized carbons (Fsp3) is 0.550. The van der Waals surface area contributed by atoms with Gasteiger partial charge in [0.2, 0.25) is 0 Å². The zero-order chi connectivity index (χ0) is 20.2. The van der Waals surface area contributed by atoms with Gasteiger partial charge in [-0.15, -0.1) is 34.2 Å². The van der Waals surface area contributed by atoms with Crippen molar-refractivity contribution in [1.29, 1.82) is 0 Å². The maximum absolute atomic E-state index is 5.70. The summed E-state index contributed by atoms with van der Waals surface area (Å²) in [7, 11) is 0. The number of rotatable bonds is 11. The van der Waals surface area contributed by atoms with Crippen LogP contribution >= 0.6 is 24.0 Å². The SMILES string of the molecule is CCNC(=NCc1nncn1CC)NCCc1ccc(OCC)c(OCC)c1.I. The summed E-state index contributed by atoms with van der Waals surface area (Å²) in [5, 5.41) is 14.7. The molecule has 1 aromatic heterocycles. The van der Waals surface area contributed by atoms with Crippen LogP contribution in [0.1, 0.15) is 39.1 Å². The minimum atomic E-state index is 0. The van der Waals surface area contributed by atoms with Gasteiger partial charge in [0.25, 0.3) is 0 Å². The first kappa shape index (κ1) is 25.0. The number of hydrogen-bond acceptors (Lipinski definition) is 5. The van der Waals surface area contributed by atoms with Crippen LogP contribution in [0, 0.1) is 0 Å². The molecule has 2 aromatic rings. The highest BCUT2D eigenvalue weighted by atomic mass is 127. The molecule has 1 heterocycles. The van der Waals surface area contributed by atoms with Gasteiger partial charge in [0.05, 0.1) is 13.2 Å². The molecular formula is C20H33IN6O2. The molecule has 0 saturated heterocycles. The number of ether oxygens (including phenoxy) is 2. The maximum atomic E-state index is 5.70. The van der Waals surface area contributed by atoms with E-state index in [4.69, 9.17) is 9.47 Å². The fourth-order valence-corrected chi connectivity index (χ4v) is 2.73. The first-order chi connectivity index (χ1) is 13.7. The number of aliphatic imine (C=N–C) groups is 1. The van der Waals surface area contributed by atoms with Gasteiger partial charge >= 0.3 is 0 Å². The highest BCUT2D eigenvalue weighted by Crippen LogP contribution is 2.28. The number of guanidine groups is 1. The highest BCUT2D eigenvalue weighted by molar-refractivity contribution is 14.0. The maximum Gasteiger partial charge on any atom is 0.191 e. The van der Waals surface area contributed by atoms with Gasteiger partial charge in [-0.2, -0.15) is 0 Å². The topological polar surface area (TPSA) is 85.6 Å². The van der Waals surface area contributed by atoms with Gasteiger partial charge in [0.1, 0.15) is 12.9 Å². The highest BCUT2D eigenvalue weighted by Gasteiger charge is 2.07. The molecule has 0 radical (unpaired) electrons. The van der Waals surface area contributed by atoms with Gasteiger partial charge in [-0.3, -0.25) is 0 Å². The minimum Gasteiger partial charge on any atom is -0.490 e. The quantitative estimate of drug-likeness (QED) is 0.272. The third kappa shape index (κ3) is 8.08. The van der Waals surface area contributed by atoms with Crippen LogP contribution in [0.15, 0.2) is 29.5 Å². The van der Waals surface area contributed by atoms with E-state index in [1.807, 2.05) is 37.5 Å². The Hall–Kier alpha value is -2.04. The molecule has 2 N–H and O–H groups in total. The number of nitrogens with one attached hydrogen (secondary N) is 2. The molecule has 0 amide bonds. The lowest BCUT2D eigenvalue weighted by molar-refractivity contribution is 0.287. The van der Waals surface area contributed by atoms with E-state index in [0.717, 1.165) is 49.3 Å². The Morgan fingerprint density at radius 3 is 2.52 bits per heavy atom. The first-order valence-electron chi connectivity index (χ1n) is 9.99. The molecule has 2 rings (SSSR count). The van der Waals surface area contributed by atoms with Crippen LogP contribution in [0.5, 0.6) is 11.5 Å². The Balaban J connectivity index is 0.00000420. The number of hydrogen-bond donors (Lipinski definition) is 2. The zero-order valence-corrected chi connectivity index (χ0v) is 20.1. The van der Waals surface area contributed by atoms with Crippen molar-refractivity contribution in [1.82, 2.24) is 25.4 Å². The summed E-state index contributed by atoms with van der Waals surface area (Å²) in [6.07, 6.45) is 2.58. The molecule has 0 spiro atoms. The van der Waals surface area contributed by atoms with Gasteiger partial charge in [0, 0.05) is 19.6 Å². The van der Waals surface area contributed by atoms with Crippen LogP contribution < -0.4 is 20.1 Å². The van der Waals surface area contributed by atoms with E-state index in [1.165, 1.54) is 5.56 Å². The molecule has 1 aromatic carbocycles. The van der Waals surface area contributed by atoms with E-state index in [0.29, 0.717) is 19.8 Å². The Kier molecular flexibility index (Phi) is 12.1. The van der Waals surface area contributed by atoms with Crippen LogP contribution in [-0.2, 0) is 19.5 Å². The van der Waals surface area contributed by atoms with Crippen molar-refractivity contribution in [2.45, 2.75) is 47.2 Å². The molecule has 9 heteroatoms. The average molecular weight is 516 g/mol. The van der Waals surface area contributed by atoms with Crippen molar-refractivity contribution in [3.8, 4) is 11.5 Å². The summed E-state index contributed by atoms with van der Waals surface area (Å²) < 4.78 is 13.3. The van der Waals surface area contributed by atoms with Crippen molar-refractivity contribution >= 4 is 29.9 Å². The van der Waals surface area contributed by atoms with Crippen LogP contribution in [-0.4, -0.2) is 47.0 Å². The van der Waals surface area contributed by atoms with Crippen LogP contribution in [0.3, 0.4) is 0 Å². The molecule has 162 valence electrons. The van der Waals surface area contributed by atoms with Gasteiger partial charge in [0.15, 0.2) is 23.3 Å². The Morgan fingerprint density at radius 2 is 1.83 bits per heavy atom. The molecule has 0 aliphatic heterocycles. The Morgan fingerprint density at radius 1 is 1.07 bits per heavy atom. The molecule has 0 bridgehead atoms. The normalized spacial score (nSPS) is 11.0.